The summed E-state index contributed by atoms with van der Waals surface area (Å²) >= 11 is 0. The smallest absolute Gasteiger partial charge is 0.391 e. The Morgan fingerprint density at radius 2 is 2.21 bits per heavy atom. The van der Waals surface area contributed by atoms with Gasteiger partial charge in [0.2, 0.25) is 0 Å². The van der Waals surface area contributed by atoms with Crippen molar-refractivity contribution in [2.75, 3.05) is 0 Å². The van der Waals surface area contributed by atoms with E-state index in [1.165, 1.54) is 17.0 Å². The summed E-state index contributed by atoms with van der Waals surface area (Å²) in [4.78, 5) is 18.8. The molecule has 98 valence electrons. The molecule has 0 aliphatic rings. The molecule has 0 N–H and O–H groups in total. The first-order valence-electron chi connectivity index (χ1n) is 5.54. The number of hydrogen-bond acceptors (Lipinski definition) is 5. The van der Waals surface area contributed by atoms with Gasteiger partial charge in [-0.3, -0.25) is 0 Å². The largest absolute Gasteiger partial charge is 0.434 e. The summed E-state index contributed by atoms with van der Waals surface area (Å²) in [6.07, 6.45) is 2.76. The summed E-state index contributed by atoms with van der Waals surface area (Å²) in [7, 11) is 1.55. The fourth-order valence-electron chi connectivity index (χ4n) is 1.48. The maximum Gasteiger partial charge on any atom is 0.434 e. The summed E-state index contributed by atoms with van der Waals surface area (Å²) in [5.74, 6) is -0.232. The first-order valence-corrected chi connectivity index (χ1v) is 5.54. The molecule has 7 heteroatoms. The maximum absolute atomic E-state index is 10.6. The maximum atomic E-state index is 10.6. The molecule has 1 aromatic heterocycles. The van der Waals surface area contributed by atoms with Gasteiger partial charge in [-0.2, -0.15) is 0 Å². The van der Waals surface area contributed by atoms with Gasteiger partial charge in [0.25, 0.3) is 0 Å². The minimum absolute atomic E-state index is 0.232. The number of nitrogens with zero attached hydrogens (tertiary/aromatic N) is 4. The molecule has 0 spiro atoms. The third-order valence-corrected chi connectivity index (χ3v) is 2.50. The van der Waals surface area contributed by atoms with Crippen LogP contribution in [0.4, 0.5) is 5.95 Å². The van der Waals surface area contributed by atoms with E-state index in [4.69, 9.17) is 4.84 Å². The van der Waals surface area contributed by atoms with Crippen LogP contribution >= 0.6 is 0 Å². The van der Waals surface area contributed by atoms with Gasteiger partial charge < -0.3 is 15.0 Å². The monoisotopic (exact) mass is 260 g/mol. The van der Waals surface area contributed by atoms with Crippen LogP contribution in [0, 0.1) is 10.1 Å². The Morgan fingerprint density at radius 1 is 1.47 bits per heavy atom. The molecular weight excluding hydrogens is 248 g/mol. The summed E-state index contributed by atoms with van der Waals surface area (Å²) in [6.45, 7) is 0.345. The quantitative estimate of drug-likeness (QED) is 0.467. The van der Waals surface area contributed by atoms with Crippen molar-refractivity contribution in [2.45, 2.75) is 6.61 Å². The van der Waals surface area contributed by atoms with E-state index in [0.717, 1.165) is 5.56 Å². The molecule has 0 aliphatic carbocycles. The molecule has 7 nitrogen and oxygen atoms in total. The van der Waals surface area contributed by atoms with E-state index >= 15 is 0 Å². The fraction of sp³-hybridized carbons (Fsp3) is 0.167. The molecule has 0 saturated carbocycles. The highest BCUT2D eigenvalue weighted by atomic mass is 16.6. The Labute approximate surface area is 109 Å². The molecule has 2 rings (SSSR count). The van der Waals surface area contributed by atoms with Crippen LogP contribution in [0.25, 0.3) is 0 Å². The lowest BCUT2D eigenvalue weighted by Crippen LogP contribution is -2.01. The van der Waals surface area contributed by atoms with Crippen LogP contribution < -0.4 is 0 Å². The van der Waals surface area contributed by atoms with Crippen molar-refractivity contribution >= 4 is 12.2 Å². The molecule has 19 heavy (non-hydrogen) atoms. The van der Waals surface area contributed by atoms with E-state index in [1.54, 1.807) is 7.05 Å². The average molecular weight is 260 g/mol. The minimum Gasteiger partial charge on any atom is -0.391 e. The average Bonchev–Trinajstić information content (AvgIpc) is 2.77. The number of nitro groups is 1. The SMILES string of the molecule is Cn1c(/C=N/OCc2ccccc2)cnc1[N+](=O)[O-]. The van der Waals surface area contributed by atoms with Gasteiger partial charge in [-0.1, -0.05) is 40.5 Å². The zero-order chi connectivity index (χ0) is 13.7. The molecule has 0 aliphatic heterocycles. The lowest BCUT2D eigenvalue weighted by molar-refractivity contribution is -0.396. The number of imidazole rings is 1. The van der Waals surface area contributed by atoms with Gasteiger partial charge in [0, 0.05) is 0 Å². The third kappa shape index (κ3) is 3.15. The second kappa shape index (κ2) is 5.76. The number of oxime groups is 1. The Hall–Kier alpha value is -2.70. The zero-order valence-electron chi connectivity index (χ0n) is 10.3. The highest BCUT2D eigenvalue weighted by molar-refractivity contribution is 5.77. The van der Waals surface area contributed by atoms with Gasteiger partial charge in [0.1, 0.15) is 19.0 Å². The van der Waals surface area contributed by atoms with Crippen molar-refractivity contribution in [1.29, 1.82) is 0 Å². The molecule has 2 aromatic rings. The number of aromatic nitrogens is 2. The zero-order valence-corrected chi connectivity index (χ0v) is 10.3. The second-order valence-electron chi connectivity index (χ2n) is 3.79. The van der Waals surface area contributed by atoms with Crippen molar-refractivity contribution < 1.29 is 9.76 Å². The van der Waals surface area contributed by atoms with Crippen LogP contribution in [0.5, 0.6) is 0 Å². The van der Waals surface area contributed by atoms with Crippen LogP contribution in [0.3, 0.4) is 0 Å². The van der Waals surface area contributed by atoms with Crippen molar-refractivity contribution in [3.05, 3.63) is 57.9 Å². The molecule has 0 fully saturated rings. The second-order valence-corrected chi connectivity index (χ2v) is 3.79. The van der Waals surface area contributed by atoms with Crippen LogP contribution in [0.2, 0.25) is 0 Å². The van der Waals surface area contributed by atoms with Crippen LogP contribution in [0.1, 0.15) is 11.3 Å². The lowest BCUT2D eigenvalue weighted by Gasteiger charge is -1.98. The summed E-state index contributed by atoms with van der Waals surface area (Å²) in [5.41, 5.74) is 1.50. The third-order valence-electron chi connectivity index (χ3n) is 2.50. The topological polar surface area (TPSA) is 82.5 Å². The summed E-state index contributed by atoms with van der Waals surface area (Å²) in [6, 6.07) is 9.58. The minimum atomic E-state index is -0.553. The molecule has 0 bridgehead atoms. The first-order chi connectivity index (χ1) is 9.18. The van der Waals surface area contributed by atoms with Crippen LogP contribution in [-0.2, 0) is 18.5 Å². The van der Waals surface area contributed by atoms with Crippen LogP contribution in [-0.4, -0.2) is 20.7 Å². The Morgan fingerprint density at radius 3 is 2.84 bits per heavy atom. The Balaban J connectivity index is 1.94. The predicted octanol–water partition coefficient (Wildman–Crippen LogP) is 1.88. The number of hydrogen-bond donors (Lipinski definition) is 0. The molecule has 1 aromatic carbocycles. The van der Waals surface area contributed by atoms with E-state index < -0.39 is 4.92 Å². The van der Waals surface area contributed by atoms with E-state index in [0.29, 0.717) is 12.3 Å². The Bertz CT molecular complexity index is 592. The van der Waals surface area contributed by atoms with Crippen molar-refractivity contribution in [3.63, 3.8) is 0 Å². The molecule has 0 unspecified atom stereocenters. The molecular formula is C12H12N4O3. The first kappa shape index (κ1) is 12.7. The predicted molar refractivity (Wildman–Crippen MR) is 68.7 cm³/mol. The Kier molecular flexibility index (Phi) is 3.87. The summed E-state index contributed by atoms with van der Waals surface area (Å²) < 4.78 is 1.33. The van der Waals surface area contributed by atoms with Gasteiger partial charge in [-0.05, 0) is 10.5 Å². The van der Waals surface area contributed by atoms with Gasteiger partial charge in [0.05, 0.1) is 7.05 Å². The van der Waals surface area contributed by atoms with Crippen molar-refractivity contribution in [2.24, 2.45) is 12.2 Å². The standard InChI is InChI=1S/C12H12N4O3/c1-15-11(7-13-12(15)16(17)18)8-14-19-9-10-5-3-2-4-6-10/h2-8H,9H2,1H3/b14-8+. The lowest BCUT2D eigenvalue weighted by atomic mass is 10.2. The molecule has 0 amide bonds. The highest BCUT2D eigenvalue weighted by Crippen LogP contribution is 2.08. The van der Waals surface area contributed by atoms with Gasteiger partial charge in [-0.15, -0.1) is 0 Å². The molecule has 0 atom stereocenters. The molecule has 0 radical (unpaired) electrons. The normalized spacial score (nSPS) is 10.8. The van der Waals surface area contributed by atoms with Crippen LogP contribution in [0.15, 0.2) is 41.7 Å². The van der Waals surface area contributed by atoms with Gasteiger partial charge in [0.15, 0.2) is 5.69 Å². The van der Waals surface area contributed by atoms with E-state index in [1.807, 2.05) is 30.3 Å². The molecule has 1 heterocycles. The number of benzene rings is 1. The van der Waals surface area contributed by atoms with E-state index in [2.05, 4.69) is 10.1 Å². The van der Waals surface area contributed by atoms with Gasteiger partial charge in [-0.25, -0.2) is 4.57 Å². The van der Waals surface area contributed by atoms with Crippen molar-refractivity contribution in [3.8, 4) is 0 Å². The number of rotatable bonds is 5. The van der Waals surface area contributed by atoms with E-state index in [-0.39, 0.29) is 5.95 Å². The van der Waals surface area contributed by atoms with Crippen molar-refractivity contribution in [1.82, 2.24) is 9.55 Å². The fourth-order valence-corrected chi connectivity index (χ4v) is 1.48. The summed E-state index contributed by atoms with van der Waals surface area (Å²) in [5, 5.41) is 14.4. The molecule has 0 saturated heterocycles. The van der Waals surface area contributed by atoms with Gasteiger partial charge >= 0.3 is 5.95 Å². The highest BCUT2D eigenvalue weighted by Gasteiger charge is 2.15. The van der Waals surface area contributed by atoms with E-state index in [9.17, 15) is 10.1 Å².